The molecule has 0 fully saturated rings. The Morgan fingerprint density at radius 1 is 1.17 bits per heavy atom. The third kappa shape index (κ3) is 3.37. The van der Waals surface area contributed by atoms with Crippen LogP contribution in [-0.2, 0) is 43.6 Å². The fourth-order valence-corrected chi connectivity index (χ4v) is 6.01. The zero-order valence-electron chi connectivity index (χ0n) is 17.4. The molecule has 2 aliphatic carbocycles. The van der Waals surface area contributed by atoms with Crippen molar-refractivity contribution in [3.63, 3.8) is 0 Å². The Labute approximate surface area is 179 Å². The minimum atomic E-state index is -0.119. The highest BCUT2D eigenvalue weighted by molar-refractivity contribution is 7.18. The highest BCUT2D eigenvalue weighted by Gasteiger charge is 2.22. The first-order chi connectivity index (χ1) is 14.7. The molecule has 0 atom stereocenters. The molecule has 158 valence electrons. The summed E-state index contributed by atoms with van der Waals surface area (Å²) in [5, 5.41) is 3.74. The number of nitrogens with one attached hydrogen (secondary N) is 1. The van der Waals surface area contributed by atoms with E-state index in [0.717, 1.165) is 61.0 Å². The van der Waals surface area contributed by atoms with Gasteiger partial charge in [0.05, 0.1) is 17.4 Å². The number of amides is 1. The standard InChI is InChI=1S/C22H27N5O2S/c1-2-27-16-9-5-4-8-15(16)24-22(27)25-18(28)11-12-26-13-23-20-19(21(26)29)14-7-3-6-10-17(14)30-20/h13H,2-12H2,1H3,(H,24,25,28). The van der Waals surface area contributed by atoms with Crippen LogP contribution in [0.25, 0.3) is 10.2 Å². The maximum absolute atomic E-state index is 13.0. The molecule has 1 N–H and O–H groups in total. The molecule has 0 aromatic carbocycles. The average molecular weight is 426 g/mol. The Morgan fingerprint density at radius 2 is 1.97 bits per heavy atom. The molecule has 30 heavy (non-hydrogen) atoms. The minimum Gasteiger partial charge on any atom is -0.314 e. The van der Waals surface area contributed by atoms with E-state index in [1.54, 1.807) is 22.2 Å². The van der Waals surface area contributed by atoms with Crippen LogP contribution < -0.4 is 10.9 Å². The van der Waals surface area contributed by atoms with E-state index in [0.29, 0.717) is 12.5 Å². The number of fused-ring (bicyclic) bond motifs is 4. The second-order valence-corrected chi connectivity index (χ2v) is 9.30. The van der Waals surface area contributed by atoms with Crippen LogP contribution in [0.1, 0.15) is 60.9 Å². The van der Waals surface area contributed by atoms with Gasteiger partial charge in [-0.25, -0.2) is 9.97 Å². The number of aromatic nitrogens is 4. The van der Waals surface area contributed by atoms with Crippen molar-refractivity contribution in [2.24, 2.45) is 0 Å². The molecule has 3 aromatic rings. The van der Waals surface area contributed by atoms with Gasteiger partial charge in [0, 0.05) is 30.1 Å². The first kappa shape index (κ1) is 19.5. The Bertz CT molecular complexity index is 1170. The summed E-state index contributed by atoms with van der Waals surface area (Å²) < 4.78 is 3.70. The lowest BCUT2D eigenvalue weighted by molar-refractivity contribution is -0.116. The molecule has 8 heteroatoms. The first-order valence-corrected chi connectivity index (χ1v) is 11.8. The molecule has 2 aliphatic rings. The van der Waals surface area contributed by atoms with Gasteiger partial charge in [0.25, 0.3) is 5.56 Å². The second kappa shape index (κ2) is 7.98. The summed E-state index contributed by atoms with van der Waals surface area (Å²) in [5.74, 6) is 0.522. The summed E-state index contributed by atoms with van der Waals surface area (Å²) in [4.78, 5) is 37.0. The first-order valence-electron chi connectivity index (χ1n) is 11.0. The Hall–Kier alpha value is -2.48. The summed E-state index contributed by atoms with van der Waals surface area (Å²) in [6.45, 7) is 3.19. The summed E-state index contributed by atoms with van der Waals surface area (Å²) in [5.41, 5.74) is 3.55. The molecule has 0 radical (unpaired) electrons. The zero-order valence-corrected chi connectivity index (χ0v) is 18.2. The van der Waals surface area contributed by atoms with Crippen LogP contribution in [0.5, 0.6) is 0 Å². The molecular weight excluding hydrogens is 398 g/mol. The Morgan fingerprint density at radius 3 is 2.83 bits per heavy atom. The number of aryl methyl sites for hydroxylation is 4. The van der Waals surface area contributed by atoms with Crippen molar-refractivity contribution in [1.82, 2.24) is 19.1 Å². The highest BCUT2D eigenvalue weighted by atomic mass is 32.1. The van der Waals surface area contributed by atoms with Gasteiger partial charge in [-0.2, -0.15) is 0 Å². The predicted octanol–water partition coefficient (Wildman–Crippen LogP) is 3.46. The lowest BCUT2D eigenvalue weighted by Crippen LogP contribution is -2.24. The van der Waals surface area contributed by atoms with Gasteiger partial charge >= 0.3 is 0 Å². The van der Waals surface area contributed by atoms with Crippen molar-refractivity contribution in [2.45, 2.75) is 77.8 Å². The number of thiophene rings is 1. The van der Waals surface area contributed by atoms with Crippen molar-refractivity contribution in [1.29, 1.82) is 0 Å². The summed E-state index contributed by atoms with van der Waals surface area (Å²) in [7, 11) is 0. The second-order valence-electron chi connectivity index (χ2n) is 8.21. The van der Waals surface area contributed by atoms with E-state index in [1.165, 1.54) is 29.0 Å². The number of carbonyl (C=O) groups is 1. The molecule has 0 spiro atoms. The normalized spacial score (nSPS) is 15.8. The molecule has 0 saturated heterocycles. The maximum Gasteiger partial charge on any atom is 0.262 e. The van der Waals surface area contributed by atoms with E-state index < -0.39 is 0 Å². The van der Waals surface area contributed by atoms with E-state index in [1.807, 2.05) is 0 Å². The van der Waals surface area contributed by atoms with E-state index in [-0.39, 0.29) is 17.9 Å². The molecule has 0 saturated carbocycles. The third-order valence-corrected chi connectivity index (χ3v) is 7.52. The smallest absolute Gasteiger partial charge is 0.262 e. The minimum absolute atomic E-state index is 0.0160. The van der Waals surface area contributed by atoms with Gasteiger partial charge in [0.2, 0.25) is 11.9 Å². The number of rotatable bonds is 5. The topological polar surface area (TPSA) is 81.8 Å². The van der Waals surface area contributed by atoms with Crippen LogP contribution in [0.3, 0.4) is 0 Å². The zero-order chi connectivity index (χ0) is 20.7. The monoisotopic (exact) mass is 425 g/mol. The van der Waals surface area contributed by atoms with Crippen molar-refractivity contribution in [3.05, 3.63) is 38.5 Å². The van der Waals surface area contributed by atoms with E-state index >= 15 is 0 Å². The van der Waals surface area contributed by atoms with Crippen LogP contribution in [0.2, 0.25) is 0 Å². The van der Waals surface area contributed by atoms with Gasteiger partial charge in [0.1, 0.15) is 4.83 Å². The summed E-state index contributed by atoms with van der Waals surface area (Å²) >= 11 is 1.65. The van der Waals surface area contributed by atoms with Gasteiger partial charge in [-0.15, -0.1) is 11.3 Å². The molecule has 5 rings (SSSR count). The molecule has 0 unspecified atom stereocenters. The van der Waals surface area contributed by atoms with Gasteiger partial charge in [0.15, 0.2) is 0 Å². The highest BCUT2D eigenvalue weighted by Crippen LogP contribution is 2.33. The van der Waals surface area contributed by atoms with Crippen LogP contribution in [0, 0.1) is 0 Å². The van der Waals surface area contributed by atoms with Crippen molar-refractivity contribution >= 4 is 33.4 Å². The van der Waals surface area contributed by atoms with Crippen molar-refractivity contribution < 1.29 is 4.79 Å². The van der Waals surface area contributed by atoms with Gasteiger partial charge in [-0.3, -0.25) is 19.5 Å². The molecule has 3 aromatic heterocycles. The molecule has 0 bridgehead atoms. The maximum atomic E-state index is 13.0. The molecule has 0 aliphatic heterocycles. The molecular formula is C22H27N5O2S. The quantitative estimate of drug-likeness (QED) is 0.679. The average Bonchev–Trinajstić information content (AvgIpc) is 3.31. The molecule has 1 amide bonds. The summed E-state index contributed by atoms with van der Waals surface area (Å²) in [6.07, 6.45) is 10.5. The summed E-state index contributed by atoms with van der Waals surface area (Å²) in [6, 6.07) is 0. The van der Waals surface area contributed by atoms with Crippen LogP contribution >= 0.6 is 11.3 Å². The number of anilines is 1. The number of hydrogen-bond donors (Lipinski definition) is 1. The molecule has 7 nitrogen and oxygen atoms in total. The fraction of sp³-hybridized carbons (Fsp3) is 0.545. The number of imidazole rings is 1. The van der Waals surface area contributed by atoms with Crippen molar-refractivity contribution in [3.8, 4) is 0 Å². The largest absolute Gasteiger partial charge is 0.314 e. The van der Waals surface area contributed by atoms with Gasteiger partial charge in [-0.1, -0.05) is 0 Å². The van der Waals surface area contributed by atoms with E-state index in [4.69, 9.17) is 0 Å². The van der Waals surface area contributed by atoms with Gasteiger partial charge < -0.3 is 4.57 Å². The third-order valence-electron chi connectivity index (χ3n) is 6.32. The van der Waals surface area contributed by atoms with Crippen LogP contribution in [-0.4, -0.2) is 25.0 Å². The fourth-order valence-electron chi connectivity index (χ4n) is 4.79. The SMILES string of the molecule is CCn1c(NC(=O)CCn2cnc3sc4c(c3c2=O)CCCC4)nc2c1CCCC2. The molecule has 3 heterocycles. The van der Waals surface area contributed by atoms with Crippen molar-refractivity contribution in [2.75, 3.05) is 5.32 Å². The lowest BCUT2D eigenvalue weighted by Gasteiger charge is -2.13. The Kier molecular flexibility index (Phi) is 5.18. The predicted molar refractivity (Wildman–Crippen MR) is 118 cm³/mol. The number of hydrogen-bond acceptors (Lipinski definition) is 5. The Balaban J connectivity index is 1.32. The van der Waals surface area contributed by atoms with E-state index in [9.17, 15) is 9.59 Å². The number of nitrogens with zero attached hydrogens (tertiary/aromatic N) is 4. The lowest BCUT2D eigenvalue weighted by atomic mass is 9.97. The van der Waals surface area contributed by atoms with Crippen LogP contribution in [0.15, 0.2) is 11.1 Å². The number of carbonyl (C=O) groups excluding carboxylic acids is 1. The van der Waals surface area contributed by atoms with Gasteiger partial charge in [-0.05, 0) is 63.9 Å². The van der Waals surface area contributed by atoms with E-state index in [2.05, 4.69) is 26.8 Å². The van der Waals surface area contributed by atoms with Crippen LogP contribution in [0.4, 0.5) is 5.95 Å².